The minimum absolute atomic E-state index is 0.161. The Kier molecular flexibility index (Phi) is 7.21. The van der Waals surface area contributed by atoms with E-state index in [1.165, 1.54) is 12.8 Å². The number of hydrogen-bond acceptors (Lipinski definition) is 7. The number of carbonyl (C=O) groups excluding carboxylic acids is 1. The summed E-state index contributed by atoms with van der Waals surface area (Å²) in [7, 11) is -3.71. The number of nitrogens with zero attached hydrogens (tertiary/aromatic N) is 3. The quantitative estimate of drug-likeness (QED) is 0.460. The third-order valence-corrected chi connectivity index (χ3v) is 9.05. The summed E-state index contributed by atoms with van der Waals surface area (Å²) in [5.74, 6) is -3.05. The molecule has 5 rings (SSSR count). The van der Waals surface area contributed by atoms with Crippen molar-refractivity contribution in [2.45, 2.75) is 44.4 Å². The summed E-state index contributed by atoms with van der Waals surface area (Å²) < 4.78 is 54.1. The summed E-state index contributed by atoms with van der Waals surface area (Å²) in [5, 5.41) is 12.0. The molecule has 0 unspecified atom stereocenters. The minimum atomic E-state index is -3.71. The zero-order valence-corrected chi connectivity index (χ0v) is 21.9. The maximum absolute atomic E-state index is 13.6. The van der Waals surface area contributed by atoms with Gasteiger partial charge in [-0.25, -0.2) is 22.2 Å². The number of benzene rings is 1. The summed E-state index contributed by atoms with van der Waals surface area (Å²) in [6, 6.07) is 9.89. The van der Waals surface area contributed by atoms with Crippen LogP contribution in [0.1, 0.15) is 49.0 Å². The number of amides is 1. The first kappa shape index (κ1) is 26.6. The first-order valence-corrected chi connectivity index (χ1v) is 14.6. The Balaban J connectivity index is 1.36. The van der Waals surface area contributed by atoms with Crippen molar-refractivity contribution >= 4 is 38.8 Å². The van der Waals surface area contributed by atoms with Crippen molar-refractivity contribution in [1.82, 2.24) is 4.98 Å². The molecule has 1 spiro atoms. The van der Waals surface area contributed by atoms with E-state index >= 15 is 0 Å². The number of anilines is 4. The number of halogens is 2. The Morgan fingerprint density at radius 1 is 0.974 bits per heavy atom. The van der Waals surface area contributed by atoms with Crippen LogP contribution >= 0.6 is 0 Å². The van der Waals surface area contributed by atoms with Crippen LogP contribution in [0, 0.1) is 5.41 Å². The topological polar surface area (TPSA) is 115 Å². The molecule has 0 bridgehead atoms. The number of hydrogen-bond donors (Lipinski definition) is 3. The molecule has 206 valence electrons. The lowest BCUT2D eigenvalue weighted by atomic mass is 9.93. The second kappa shape index (κ2) is 10.3. The molecule has 9 nitrogen and oxygen atoms in total. The van der Waals surface area contributed by atoms with Crippen LogP contribution < -0.4 is 19.8 Å². The summed E-state index contributed by atoms with van der Waals surface area (Å²) in [4.78, 5) is 21.6. The van der Waals surface area contributed by atoms with Gasteiger partial charge < -0.3 is 20.2 Å². The van der Waals surface area contributed by atoms with E-state index in [-0.39, 0.29) is 31.6 Å². The zero-order chi connectivity index (χ0) is 27.0. The number of aromatic nitrogens is 1. The number of aliphatic hydroxyl groups excluding tert-OH is 1. The van der Waals surface area contributed by atoms with Crippen LogP contribution in [0.15, 0.2) is 36.4 Å². The van der Waals surface area contributed by atoms with E-state index in [1.54, 1.807) is 41.3 Å². The number of aliphatic hydroxyl groups is 1. The number of sulfonamides is 1. The molecule has 1 aromatic heterocycles. The lowest BCUT2D eigenvalue weighted by Gasteiger charge is -2.35. The second-order valence-electron chi connectivity index (χ2n) is 10.5. The van der Waals surface area contributed by atoms with Crippen molar-refractivity contribution in [2.75, 3.05) is 58.4 Å². The highest BCUT2D eigenvalue weighted by Gasteiger charge is 2.44. The minimum Gasteiger partial charge on any atom is -0.395 e. The second-order valence-corrected chi connectivity index (χ2v) is 12.4. The molecule has 0 atom stereocenters. The molecule has 3 N–H and O–H groups in total. The monoisotopic (exact) mass is 549 g/mol. The van der Waals surface area contributed by atoms with Crippen molar-refractivity contribution < 1.29 is 27.1 Å². The Bertz CT molecular complexity index is 1280. The SMILES string of the molecule is O=C(Nc1ccc(NS(=O)(=O)CCO)cc1N1CCC2(CC1)CC2)c1cccc(N2CCC(F)(F)CC2)n1. The molecule has 12 heteroatoms. The Morgan fingerprint density at radius 2 is 1.66 bits per heavy atom. The first-order valence-electron chi connectivity index (χ1n) is 13.0. The fourth-order valence-corrected chi connectivity index (χ4v) is 6.02. The van der Waals surface area contributed by atoms with Gasteiger partial charge in [-0.2, -0.15) is 0 Å². The van der Waals surface area contributed by atoms with Gasteiger partial charge in [0, 0.05) is 39.0 Å². The van der Waals surface area contributed by atoms with Crippen LogP contribution in [-0.2, 0) is 10.0 Å². The average Bonchev–Trinajstić information content (AvgIpc) is 3.64. The van der Waals surface area contributed by atoms with Crippen LogP contribution in [-0.4, -0.2) is 68.9 Å². The van der Waals surface area contributed by atoms with Gasteiger partial charge in [-0.05, 0) is 61.4 Å². The number of nitrogens with one attached hydrogen (secondary N) is 2. The number of carbonyl (C=O) groups is 1. The Hall–Kier alpha value is -2.99. The molecule has 3 fully saturated rings. The van der Waals surface area contributed by atoms with Gasteiger partial charge >= 0.3 is 0 Å². The summed E-state index contributed by atoms with van der Waals surface area (Å²) in [5.41, 5.74) is 2.17. The molecule has 3 aliphatic rings. The molecule has 1 saturated carbocycles. The smallest absolute Gasteiger partial charge is 0.274 e. The number of rotatable bonds is 8. The van der Waals surface area contributed by atoms with Crippen LogP contribution in [0.3, 0.4) is 0 Å². The van der Waals surface area contributed by atoms with Crippen molar-refractivity contribution in [3.8, 4) is 0 Å². The molecular weight excluding hydrogens is 516 g/mol. The van der Waals surface area contributed by atoms with Crippen molar-refractivity contribution in [3.05, 3.63) is 42.1 Å². The predicted molar refractivity (Wildman–Crippen MR) is 143 cm³/mol. The van der Waals surface area contributed by atoms with E-state index in [1.807, 2.05) is 0 Å². The van der Waals surface area contributed by atoms with E-state index in [4.69, 9.17) is 5.11 Å². The van der Waals surface area contributed by atoms with Gasteiger partial charge in [0.1, 0.15) is 11.5 Å². The highest BCUT2D eigenvalue weighted by molar-refractivity contribution is 7.92. The van der Waals surface area contributed by atoms with Crippen molar-refractivity contribution in [2.24, 2.45) is 5.41 Å². The van der Waals surface area contributed by atoms with E-state index in [0.717, 1.165) is 25.9 Å². The standard InChI is InChI=1S/C26H33F2N5O4S/c27-26(28)10-14-33(15-11-26)23-3-1-2-21(29-23)24(35)30-20-5-4-19(31-38(36,37)17-16-34)18-22(20)32-12-8-25(6-7-25)9-13-32/h1-5,18,31,34H,6-17H2,(H,30,35). The highest BCUT2D eigenvalue weighted by Crippen LogP contribution is 2.54. The summed E-state index contributed by atoms with van der Waals surface area (Å²) in [6.07, 6.45) is 4.06. The zero-order valence-electron chi connectivity index (χ0n) is 21.1. The lowest BCUT2D eigenvalue weighted by molar-refractivity contribution is -0.0221. The fourth-order valence-electron chi connectivity index (χ4n) is 5.19. The summed E-state index contributed by atoms with van der Waals surface area (Å²) in [6.45, 7) is 1.43. The molecule has 2 saturated heterocycles. The van der Waals surface area contributed by atoms with Gasteiger partial charge in [0.25, 0.3) is 11.8 Å². The third kappa shape index (κ3) is 6.17. The molecule has 0 radical (unpaired) electrons. The van der Waals surface area contributed by atoms with Crippen molar-refractivity contribution in [1.29, 1.82) is 0 Å². The molecule has 2 aliphatic heterocycles. The van der Waals surface area contributed by atoms with Crippen LogP contribution in [0.5, 0.6) is 0 Å². The maximum atomic E-state index is 13.6. The number of alkyl halides is 2. The molecule has 1 aromatic carbocycles. The molecule has 1 amide bonds. The lowest BCUT2D eigenvalue weighted by Crippen LogP contribution is -2.39. The normalized spacial score (nSPS) is 20.3. The molecular formula is C26H33F2N5O4S. The molecule has 38 heavy (non-hydrogen) atoms. The average molecular weight is 550 g/mol. The maximum Gasteiger partial charge on any atom is 0.274 e. The van der Waals surface area contributed by atoms with Gasteiger partial charge in [0.2, 0.25) is 10.0 Å². The Morgan fingerprint density at radius 3 is 2.32 bits per heavy atom. The third-order valence-electron chi connectivity index (χ3n) is 7.79. The van der Waals surface area contributed by atoms with E-state index in [0.29, 0.717) is 28.3 Å². The van der Waals surface area contributed by atoms with E-state index < -0.39 is 34.2 Å². The first-order chi connectivity index (χ1) is 18.1. The predicted octanol–water partition coefficient (Wildman–Crippen LogP) is 3.68. The number of piperidine rings is 2. The van der Waals surface area contributed by atoms with Gasteiger partial charge in [-0.3, -0.25) is 9.52 Å². The Labute approximate surface area is 221 Å². The van der Waals surface area contributed by atoms with E-state index in [2.05, 4.69) is 19.9 Å². The van der Waals surface area contributed by atoms with Gasteiger partial charge in [0.15, 0.2) is 0 Å². The molecule has 1 aliphatic carbocycles. The van der Waals surface area contributed by atoms with Gasteiger partial charge in [0.05, 0.1) is 29.4 Å². The van der Waals surface area contributed by atoms with Crippen molar-refractivity contribution in [3.63, 3.8) is 0 Å². The fraction of sp³-hybridized carbons (Fsp3) is 0.538. The highest BCUT2D eigenvalue weighted by atomic mass is 32.2. The van der Waals surface area contributed by atoms with Gasteiger partial charge in [-0.15, -0.1) is 0 Å². The van der Waals surface area contributed by atoms with Crippen LogP contribution in [0.25, 0.3) is 0 Å². The van der Waals surface area contributed by atoms with Crippen LogP contribution in [0.4, 0.5) is 31.7 Å². The largest absolute Gasteiger partial charge is 0.395 e. The molecule has 2 aromatic rings. The summed E-state index contributed by atoms with van der Waals surface area (Å²) >= 11 is 0. The van der Waals surface area contributed by atoms with E-state index in [9.17, 15) is 22.0 Å². The molecule has 3 heterocycles. The van der Waals surface area contributed by atoms with Crippen LogP contribution in [0.2, 0.25) is 0 Å². The number of pyridine rings is 1. The van der Waals surface area contributed by atoms with Gasteiger partial charge in [-0.1, -0.05) is 6.07 Å².